The molecule has 0 saturated carbocycles. The van der Waals surface area contributed by atoms with Gasteiger partial charge in [-0.05, 0) is 41.7 Å². The van der Waals surface area contributed by atoms with Crippen LogP contribution in [0.2, 0.25) is 0 Å². The molecule has 2 N–H and O–H groups in total. The highest BCUT2D eigenvalue weighted by Gasteiger charge is 2.21. The van der Waals surface area contributed by atoms with Crippen LogP contribution in [0.3, 0.4) is 0 Å². The van der Waals surface area contributed by atoms with E-state index in [0.29, 0.717) is 6.54 Å². The molecule has 6 heteroatoms. The molecule has 140 valence electrons. The number of hydrogen-bond donors (Lipinski definition) is 2. The number of amides is 1. The number of rotatable bonds is 2. The van der Waals surface area contributed by atoms with Crippen LogP contribution in [-0.4, -0.2) is 53.4 Å². The molecule has 0 radical (unpaired) electrons. The van der Waals surface area contributed by atoms with E-state index in [4.69, 9.17) is 0 Å². The van der Waals surface area contributed by atoms with Crippen LogP contribution in [0.4, 0.5) is 0 Å². The average molecular weight is 364 g/mol. The van der Waals surface area contributed by atoms with Crippen LogP contribution in [0.5, 0.6) is 0 Å². The summed E-state index contributed by atoms with van der Waals surface area (Å²) in [7, 11) is 0. The molecule has 1 fully saturated rings. The van der Waals surface area contributed by atoms with Crippen molar-refractivity contribution in [3.05, 3.63) is 63.8 Å². The van der Waals surface area contributed by atoms with Crippen molar-refractivity contribution >= 4 is 22.3 Å². The van der Waals surface area contributed by atoms with Gasteiger partial charge < -0.3 is 20.1 Å². The molecule has 0 aliphatic carbocycles. The fraction of sp³-hybridized carbons (Fsp3) is 0.333. The molecular weight excluding hydrogens is 340 g/mol. The predicted molar refractivity (Wildman–Crippen MR) is 107 cm³/mol. The normalized spacial score (nSPS) is 17.4. The van der Waals surface area contributed by atoms with Crippen molar-refractivity contribution in [3.63, 3.8) is 0 Å². The number of allylic oxidation sites excluding steroid dienone is 2. The van der Waals surface area contributed by atoms with E-state index in [-0.39, 0.29) is 11.5 Å². The second-order valence-electron chi connectivity index (χ2n) is 7.14. The standard InChI is InChI=1S/C21H24N4O2/c1-14-4-3-5-17-18(14)12-19(23-21(17)27)16-6-7-20(22-13-16)25-10-8-24(9-11-25)15(2)26/h3-7,12,22H,8-11,13H2,1-2H3,(H,23,27). The first-order valence-electron chi connectivity index (χ1n) is 9.31. The van der Waals surface area contributed by atoms with E-state index in [1.54, 1.807) is 6.92 Å². The van der Waals surface area contributed by atoms with Crippen molar-refractivity contribution in [1.82, 2.24) is 20.1 Å². The Morgan fingerprint density at radius 2 is 1.85 bits per heavy atom. The lowest BCUT2D eigenvalue weighted by atomic mass is 10.0. The summed E-state index contributed by atoms with van der Waals surface area (Å²) in [6.07, 6.45) is 4.13. The molecule has 1 aromatic carbocycles. The van der Waals surface area contributed by atoms with Crippen molar-refractivity contribution in [3.8, 4) is 0 Å². The average Bonchev–Trinajstić information content (AvgIpc) is 2.69. The SMILES string of the molecule is CC(=O)N1CCN(C2=CC=C(c3cc4c(C)cccc4c(=O)[nH]3)CN2)CC1. The highest BCUT2D eigenvalue weighted by atomic mass is 16.2. The molecule has 27 heavy (non-hydrogen) atoms. The number of nitrogens with one attached hydrogen (secondary N) is 2. The van der Waals surface area contributed by atoms with Crippen LogP contribution in [0.1, 0.15) is 18.2 Å². The quantitative estimate of drug-likeness (QED) is 0.853. The van der Waals surface area contributed by atoms with E-state index in [1.165, 1.54) is 0 Å². The molecular formula is C21H24N4O2. The van der Waals surface area contributed by atoms with Gasteiger partial charge in [0, 0.05) is 50.7 Å². The lowest BCUT2D eigenvalue weighted by Gasteiger charge is -2.37. The zero-order valence-electron chi connectivity index (χ0n) is 15.7. The van der Waals surface area contributed by atoms with Crippen molar-refractivity contribution in [2.45, 2.75) is 13.8 Å². The van der Waals surface area contributed by atoms with E-state index in [0.717, 1.165) is 59.6 Å². The summed E-state index contributed by atoms with van der Waals surface area (Å²) < 4.78 is 0. The summed E-state index contributed by atoms with van der Waals surface area (Å²) in [6.45, 7) is 7.46. The number of aryl methyl sites for hydroxylation is 1. The van der Waals surface area contributed by atoms with Gasteiger partial charge in [0.2, 0.25) is 5.91 Å². The molecule has 2 aromatic rings. The first-order valence-corrected chi connectivity index (χ1v) is 9.31. The van der Waals surface area contributed by atoms with Crippen LogP contribution in [-0.2, 0) is 4.79 Å². The molecule has 1 amide bonds. The first-order chi connectivity index (χ1) is 13.0. The lowest BCUT2D eigenvalue weighted by molar-refractivity contribution is -0.130. The fourth-order valence-corrected chi connectivity index (χ4v) is 3.76. The van der Waals surface area contributed by atoms with Crippen LogP contribution < -0.4 is 10.9 Å². The Labute approximate surface area is 158 Å². The molecule has 2 aliphatic rings. The predicted octanol–water partition coefficient (Wildman–Crippen LogP) is 1.83. The minimum absolute atomic E-state index is 0.0535. The number of dihydropyridines is 1. The van der Waals surface area contributed by atoms with Gasteiger partial charge in [-0.15, -0.1) is 0 Å². The Balaban J connectivity index is 1.57. The molecule has 1 aromatic heterocycles. The molecule has 3 heterocycles. The number of carbonyl (C=O) groups excluding carboxylic acids is 1. The van der Waals surface area contributed by atoms with E-state index in [2.05, 4.69) is 33.4 Å². The summed E-state index contributed by atoms with van der Waals surface area (Å²) >= 11 is 0. The number of hydrogen-bond acceptors (Lipinski definition) is 4. The Bertz CT molecular complexity index is 1010. The van der Waals surface area contributed by atoms with E-state index < -0.39 is 0 Å². The molecule has 0 spiro atoms. The minimum atomic E-state index is -0.0535. The van der Waals surface area contributed by atoms with Crippen LogP contribution >= 0.6 is 0 Å². The molecule has 1 saturated heterocycles. The number of fused-ring (bicyclic) bond motifs is 1. The topological polar surface area (TPSA) is 68.4 Å². The lowest BCUT2D eigenvalue weighted by Crippen LogP contribution is -2.49. The van der Waals surface area contributed by atoms with E-state index in [9.17, 15) is 9.59 Å². The Morgan fingerprint density at radius 1 is 1.07 bits per heavy atom. The van der Waals surface area contributed by atoms with Gasteiger partial charge in [0.05, 0.1) is 0 Å². The Morgan fingerprint density at radius 3 is 2.52 bits per heavy atom. The maximum absolute atomic E-state index is 12.4. The van der Waals surface area contributed by atoms with Crippen LogP contribution in [0.15, 0.2) is 47.0 Å². The highest BCUT2D eigenvalue weighted by molar-refractivity contribution is 5.87. The molecule has 0 unspecified atom stereocenters. The number of pyridine rings is 1. The molecule has 2 aliphatic heterocycles. The monoisotopic (exact) mass is 364 g/mol. The van der Waals surface area contributed by atoms with Crippen molar-refractivity contribution in [2.24, 2.45) is 0 Å². The summed E-state index contributed by atoms with van der Waals surface area (Å²) in [6, 6.07) is 7.85. The largest absolute Gasteiger partial charge is 0.368 e. The third-order valence-corrected chi connectivity index (χ3v) is 5.42. The van der Waals surface area contributed by atoms with Gasteiger partial charge in [0.1, 0.15) is 5.82 Å². The molecule has 4 rings (SSSR count). The maximum Gasteiger partial charge on any atom is 0.256 e. The number of benzene rings is 1. The number of nitrogens with zero attached hydrogens (tertiary/aromatic N) is 2. The van der Waals surface area contributed by atoms with Crippen LogP contribution in [0.25, 0.3) is 16.3 Å². The van der Waals surface area contributed by atoms with E-state index in [1.807, 2.05) is 30.0 Å². The van der Waals surface area contributed by atoms with Gasteiger partial charge >= 0.3 is 0 Å². The van der Waals surface area contributed by atoms with Crippen molar-refractivity contribution < 1.29 is 4.79 Å². The van der Waals surface area contributed by atoms with E-state index >= 15 is 0 Å². The first kappa shape index (κ1) is 17.4. The Hall–Kier alpha value is -3.02. The molecule has 0 atom stereocenters. The summed E-state index contributed by atoms with van der Waals surface area (Å²) in [5.41, 5.74) is 2.96. The van der Waals surface area contributed by atoms with Gasteiger partial charge in [0.25, 0.3) is 5.56 Å². The maximum atomic E-state index is 12.4. The zero-order valence-corrected chi connectivity index (χ0v) is 15.7. The minimum Gasteiger partial charge on any atom is -0.368 e. The van der Waals surface area contributed by atoms with Gasteiger partial charge in [0.15, 0.2) is 0 Å². The van der Waals surface area contributed by atoms with Crippen molar-refractivity contribution in [2.75, 3.05) is 32.7 Å². The molecule has 6 nitrogen and oxygen atoms in total. The summed E-state index contributed by atoms with van der Waals surface area (Å²) in [5, 5.41) is 5.17. The third-order valence-electron chi connectivity index (χ3n) is 5.42. The second-order valence-corrected chi connectivity index (χ2v) is 7.14. The van der Waals surface area contributed by atoms with Gasteiger partial charge in [-0.25, -0.2) is 0 Å². The van der Waals surface area contributed by atoms with Crippen LogP contribution in [0, 0.1) is 6.92 Å². The number of aromatic nitrogens is 1. The number of piperazine rings is 1. The number of H-pyrrole nitrogens is 1. The second kappa shape index (κ2) is 6.95. The smallest absolute Gasteiger partial charge is 0.256 e. The number of carbonyl (C=O) groups is 1. The zero-order chi connectivity index (χ0) is 19.0. The van der Waals surface area contributed by atoms with Crippen molar-refractivity contribution in [1.29, 1.82) is 0 Å². The van der Waals surface area contributed by atoms with Gasteiger partial charge in [-0.3, -0.25) is 9.59 Å². The summed E-state index contributed by atoms with van der Waals surface area (Å²) in [4.78, 5) is 31.0. The molecule has 0 bridgehead atoms. The van der Waals surface area contributed by atoms with Gasteiger partial charge in [-0.1, -0.05) is 18.2 Å². The highest BCUT2D eigenvalue weighted by Crippen LogP contribution is 2.22. The number of aromatic amines is 1. The summed E-state index contributed by atoms with van der Waals surface area (Å²) in [5.74, 6) is 1.21. The third kappa shape index (κ3) is 3.35. The Kier molecular flexibility index (Phi) is 4.48. The fourth-order valence-electron chi connectivity index (χ4n) is 3.76. The van der Waals surface area contributed by atoms with Gasteiger partial charge in [-0.2, -0.15) is 0 Å².